The van der Waals surface area contributed by atoms with Gasteiger partial charge in [0.15, 0.2) is 0 Å². The molecule has 0 fully saturated rings. The van der Waals surface area contributed by atoms with Crippen molar-refractivity contribution in [3.05, 3.63) is 28.1 Å². The molecule has 0 aliphatic heterocycles. The van der Waals surface area contributed by atoms with Crippen molar-refractivity contribution in [2.75, 3.05) is 0 Å². The van der Waals surface area contributed by atoms with Crippen LogP contribution in [0.5, 0.6) is 0 Å². The van der Waals surface area contributed by atoms with E-state index in [2.05, 4.69) is 20.8 Å². The highest BCUT2D eigenvalue weighted by Gasteiger charge is 2.18. The minimum atomic E-state index is 1.19. The van der Waals surface area contributed by atoms with Gasteiger partial charge in [0.2, 0.25) is 0 Å². The van der Waals surface area contributed by atoms with Crippen molar-refractivity contribution < 1.29 is 0 Å². The molecule has 1 aromatic heterocycles. The molecular weight excluding hydrogens is 170 g/mol. The van der Waals surface area contributed by atoms with E-state index in [4.69, 9.17) is 4.98 Å². The van der Waals surface area contributed by atoms with Crippen LogP contribution in [-0.4, -0.2) is 4.98 Å². The molecule has 0 radical (unpaired) electrons. The quantitative estimate of drug-likeness (QED) is 0.696. The fourth-order valence-corrected chi connectivity index (χ4v) is 2.60. The molecule has 0 saturated heterocycles. The molecule has 0 unspecified atom stereocenters. The highest BCUT2D eigenvalue weighted by atomic mass is 14.7. The standard InChI is InChI=1S/C13H19N/c1-4-6-11-9(2)12-7-5-8-13(12)14-10(11)3/h4-8H2,1-3H3. The van der Waals surface area contributed by atoms with Crippen LogP contribution in [0.15, 0.2) is 0 Å². The zero-order chi connectivity index (χ0) is 10.1. The second-order valence-electron chi connectivity index (χ2n) is 4.33. The molecule has 1 heterocycles. The van der Waals surface area contributed by atoms with Gasteiger partial charge in [-0.25, -0.2) is 0 Å². The van der Waals surface area contributed by atoms with E-state index in [0.717, 1.165) is 0 Å². The minimum absolute atomic E-state index is 1.19. The van der Waals surface area contributed by atoms with Crippen LogP contribution in [0.2, 0.25) is 0 Å². The monoisotopic (exact) mass is 189 g/mol. The summed E-state index contributed by atoms with van der Waals surface area (Å²) in [5.41, 5.74) is 7.24. The second-order valence-corrected chi connectivity index (χ2v) is 4.33. The van der Waals surface area contributed by atoms with Crippen molar-refractivity contribution in [1.82, 2.24) is 4.98 Å². The van der Waals surface area contributed by atoms with E-state index in [1.807, 2.05) is 0 Å². The van der Waals surface area contributed by atoms with Crippen LogP contribution in [-0.2, 0) is 19.3 Å². The number of rotatable bonds is 2. The van der Waals surface area contributed by atoms with Crippen molar-refractivity contribution in [2.24, 2.45) is 0 Å². The maximum Gasteiger partial charge on any atom is 0.0441 e. The lowest BCUT2D eigenvalue weighted by Crippen LogP contribution is -2.02. The van der Waals surface area contributed by atoms with E-state index in [9.17, 15) is 0 Å². The van der Waals surface area contributed by atoms with Crippen LogP contribution in [0.3, 0.4) is 0 Å². The SMILES string of the molecule is CCCc1c(C)nc2c(c1C)CCC2. The molecule has 0 N–H and O–H groups in total. The molecule has 1 aromatic rings. The molecule has 0 bridgehead atoms. The van der Waals surface area contributed by atoms with Gasteiger partial charge < -0.3 is 0 Å². The van der Waals surface area contributed by atoms with Gasteiger partial charge in [-0.2, -0.15) is 0 Å². The minimum Gasteiger partial charge on any atom is -0.258 e. The molecule has 1 aliphatic rings. The first-order valence-corrected chi connectivity index (χ1v) is 5.71. The van der Waals surface area contributed by atoms with Crippen molar-refractivity contribution in [3.63, 3.8) is 0 Å². The summed E-state index contributed by atoms with van der Waals surface area (Å²) >= 11 is 0. The summed E-state index contributed by atoms with van der Waals surface area (Å²) in [6, 6.07) is 0. The first-order valence-electron chi connectivity index (χ1n) is 5.71. The lowest BCUT2D eigenvalue weighted by molar-refractivity contribution is 0.875. The van der Waals surface area contributed by atoms with Gasteiger partial charge in [-0.3, -0.25) is 4.98 Å². The number of hydrogen-bond acceptors (Lipinski definition) is 1. The van der Waals surface area contributed by atoms with Crippen molar-refractivity contribution in [1.29, 1.82) is 0 Å². The van der Waals surface area contributed by atoms with Gasteiger partial charge in [0.05, 0.1) is 0 Å². The normalized spacial score (nSPS) is 14.5. The van der Waals surface area contributed by atoms with E-state index >= 15 is 0 Å². The summed E-state index contributed by atoms with van der Waals surface area (Å²) in [6.07, 6.45) is 6.17. The summed E-state index contributed by atoms with van der Waals surface area (Å²) < 4.78 is 0. The van der Waals surface area contributed by atoms with Crippen LogP contribution in [0.1, 0.15) is 47.8 Å². The fraction of sp³-hybridized carbons (Fsp3) is 0.615. The van der Waals surface area contributed by atoms with Crippen LogP contribution >= 0.6 is 0 Å². The number of hydrogen-bond donors (Lipinski definition) is 0. The third-order valence-corrected chi connectivity index (χ3v) is 3.33. The van der Waals surface area contributed by atoms with Gasteiger partial charge in [0.1, 0.15) is 0 Å². The zero-order valence-corrected chi connectivity index (χ0v) is 9.48. The van der Waals surface area contributed by atoms with Gasteiger partial charge in [-0.05, 0) is 56.2 Å². The topological polar surface area (TPSA) is 12.9 Å². The Balaban J connectivity index is 2.51. The van der Waals surface area contributed by atoms with E-state index in [0.29, 0.717) is 0 Å². The van der Waals surface area contributed by atoms with Crippen molar-refractivity contribution >= 4 is 0 Å². The van der Waals surface area contributed by atoms with Crippen LogP contribution in [0, 0.1) is 13.8 Å². The fourth-order valence-electron chi connectivity index (χ4n) is 2.60. The van der Waals surface area contributed by atoms with E-state index in [1.54, 1.807) is 5.56 Å². The molecule has 1 aliphatic carbocycles. The van der Waals surface area contributed by atoms with Gasteiger partial charge in [-0.15, -0.1) is 0 Å². The highest BCUT2D eigenvalue weighted by Crippen LogP contribution is 2.27. The largest absolute Gasteiger partial charge is 0.258 e. The van der Waals surface area contributed by atoms with Crippen LogP contribution < -0.4 is 0 Å². The van der Waals surface area contributed by atoms with Gasteiger partial charge in [0, 0.05) is 11.4 Å². The molecule has 0 amide bonds. The number of aryl methyl sites for hydroxylation is 2. The Labute approximate surface area is 86.6 Å². The molecule has 0 saturated carbocycles. The van der Waals surface area contributed by atoms with E-state index < -0.39 is 0 Å². The molecule has 76 valence electrons. The molecule has 1 nitrogen and oxygen atoms in total. The third kappa shape index (κ3) is 1.45. The lowest BCUT2D eigenvalue weighted by Gasteiger charge is -2.12. The molecule has 14 heavy (non-hydrogen) atoms. The van der Waals surface area contributed by atoms with Crippen LogP contribution in [0.4, 0.5) is 0 Å². The summed E-state index contributed by atoms with van der Waals surface area (Å²) in [4.78, 5) is 4.73. The summed E-state index contributed by atoms with van der Waals surface area (Å²) in [5, 5.41) is 0. The molecule has 1 heteroatoms. The summed E-state index contributed by atoms with van der Waals surface area (Å²) in [6.45, 7) is 6.69. The maximum absolute atomic E-state index is 4.73. The summed E-state index contributed by atoms with van der Waals surface area (Å²) in [5.74, 6) is 0. The Morgan fingerprint density at radius 3 is 2.71 bits per heavy atom. The van der Waals surface area contributed by atoms with Crippen molar-refractivity contribution in [2.45, 2.75) is 52.9 Å². The third-order valence-electron chi connectivity index (χ3n) is 3.33. The molecular formula is C13H19N. The molecule has 0 atom stereocenters. The Kier molecular flexibility index (Phi) is 2.58. The highest BCUT2D eigenvalue weighted by molar-refractivity contribution is 5.41. The predicted molar refractivity (Wildman–Crippen MR) is 59.7 cm³/mol. The van der Waals surface area contributed by atoms with Crippen molar-refractivity contribution in [3.8, 4) is 0 Å². The smallest absolute Gasteiger partial charge is 0.0441 e. The summed E-state index contributed by atoms with van der Waals surface area (Å²) in [7, 11) is 0. The number of aromatic nitrogens is 1. The maximum atomic E-state index is 4.73. The Hall–Kier alpha value is -0.850. The zero-order valence-electron chi connectivity index (χ0n) is 9.48. The first kappa shape index (κ1) is 9.70. The first-order chi connectivity index (χ1) is 6.74. The Morgan fingerprint density at radius 1 is 1.21 bits per heavy atom. The molecule has 2 rings (SSSR count). The van der Waals surface area contributed by atoms with Gasteiger partial charge >= 0.3 is 0 Å². The average Bonchev–Trinajstić information content (AvgIpc) is 2.60. The lowest BCUT2D eigenvalue weighted by atomic mass is 9.97. The van der Waals surface area contributed by atoms with E-state index in [1.165, 1.54) is 54.6 Å². The average molecular weight is 189 g/mol. The van der Waals surface area contributed by atoms with Crippen LogP contribution in [0.25, 0.3) is 0 Å². The molecule has 0 aromatic carbocycles. The second kappa shape index (κ2) is 3.72. The number of fused-ring (bicyclic) bond motifs is 1. The number of pyridine rings is 1. The Morgan fingerprint density at radius 2 is 2.00 bits per heavy atom. The molecule has 0 spiro atoms. The van der Waals surface area contributed by atoms with Gasteiger partial charge in [0.25, 0.3) is 0 Å². The number of nitrogens with zero attached hydrogens (tertiary/aromatic N) is 1. The predicted octanol–water partition coefficient (Wildman–Crippen LogP) is 3.14. The van der Waals surface area contributed by atoms with E-state index in [-0.39, 0.29) is 0 Å². The van der Waals surface area contributed by atoms with Gasteiger partial charge in [-0.1, -0.05) is 13.3 Å². The Bertz CT molecular complexity index is 353.